The van der Waals surface area contributed by atoms with Crippen molar-refractivity contribution in [3.8, 4) is 0 Å². The average Bonchev–Trinajstić information content (AvgIpc) is 2.95. The van der Waals surface area contributed by atoms with Crippen LogP contribution in [-0.2, 0) is 12.6 Å². The fourth-order valence-electron chi connectivity index (χ4n) is 3.56. The van der Waals surface area contributed by atoms with Crippen molar-refractivity contribution in [2.24, 2.45) is 5.92 Å². The molecule has 0 spiro atoms. The molecule has 0 aromatic carbocycles. The third-order valence-electron chi connectivity index (χ3n) is 5.05. The first-order valence-electron chi connectivity index (χ1n) is 8.81. The van der Waals surface area contributed by atoms with E-state index in [9.17, 15) is 18.0 Å². The molecule has 1 N–H and O–H groups in total. The molecule has 1 saturated carbocycles. The normalized spacial score (nSPS) is 21.2. The van der Waals surface area contributed by atoms with Crippen LogP contribution >= 0.6 is 11.6 Å². The van der Waals surface area contributed by atoms with Crippen LogP contribution in [0.1, 0.15) is 61.3 Å². The van der Waals surface area contributed by atoms with Crippen LogP contribution in [-0.4, -0.2) is 21.3 Å². The molecule has 1 amide bonds. The van der Waals surface area contributed by atoms with E-state index in [1.807, 2.05) is 0 Å². The molecule has 0 saturated heterocycles. The fourth-order valence-corrected chi connectivity index (χ4v) is 3.81. The molecule has 3 rings (SSSR count). The highest BCUT2D eigenvalue weighted by molar-refractivity contribution is 6.33. The summed E-state index contributed by atoms with van der Waals surface area (Å²) in [5, 5.41) is 2.87. The second-order valence-corrected chi connectivity index (χ2v) is 7.28. The second kappa shape index (κ2) is 7.10. The molecule has 2 atom stereocenters. The van der Waals surface area contributed by atoms with Crippen LogP contribution < -0.4 is 5.32 Å². The van der Waals surface area contributed by atoms with Gasteiger partial charge in [0.1, 0.15) is 5.69 Å². The fraction of sp³-hybridized carbons (Fsp3) is 0.556. The van der Waals surface area contributed by atoms with E-state index in [0.717, 1.165) is 37.9 Å². The van der Waals surface area contributed by atoms with Gasteiger partial charge in [0.2, 0.25) is 0 Å². The van der Waals surface area contributed by atoms with Crippen molar-refractivity contribution >= 4 is 23.2 Å². The minimum atomic E-state index is -4.56. The Balaban J connectivity index is 2.05. The van der Waals surface area contributed by atoms with E-state index in [1.165, 1.54) is 4.40 Å². The Morgan fingerprint density at radius 2 is 2.08 bits per heavy atom. The maximum atomic E-state index is 13.1. The number of imidazole rings is 1. The summed E-state index contributed by atoms with van der Waals surface area (Å²) in [5.74, 6) is -0.0604. The van der Waals surface area contributed by atoms with Crippen molar-refractivity contribution in [3.63, 3.8) is 0 Å². The molecule has 4 nitrogen and oxygen atoms in total. The largest absolute Gasteiger partial charge is 0.417 e. The van der Waals surface area contributed by atoms with E-state index in [1.54, 1.807) is 6.92 Å². The summed E-state index contributed by atoms with van der Waals surface area (Å²) in [7, 11) is 0. The topological polar surface area (TPSA) is 46.4 Å². The summed E-state index contributed by atoms with van der Waals surface area (Å²) in [6, 6.07) is 0.863. The predicted molar refractivity (Wildman–Crippen MR) is 93.5 cm³/mol. The van der Waals surface area contributed by atoms with Gasteiger partial charge in [0.15, 0.2) is 5.65 Å². The smallest absolute Gasteiger partial charge is 0.348 e. The van der Waals surface area contributed by atoms with Crippen molar-refractivity contribution < 1.29 is 18.0 Å². The van der Waals surface area contributed by atoms with Crippen molar-refractivity contribution in [2.75, 3.05) is 0 Å². The number of rotatable bonds is 3. The SMILES string of the molecule is CCc1nc2c(Cl)cc(C(F)(F)F)cn2c1C(=O)NC1CCCCC1C. The summed E-state index contributed by atoms with van der Waals surface area (Å²) in [6.07, 6.45) is 0.832. The van der Waals surface area contributed by atoms with Gasteiger partial charge in [-0.2, -0.15) is 13.2 Å². The minimum Gasteiger partial charge on any atom is -0.348 e. The summed E-state index contributed by atoms with van der Waals surface area (Å²) in [5.41, 5.74) is -0.172. The van der Waals surface area contributed by atoms with E-state index >= 15 is 0 Å². The maximum absolute atomic E-state index is 13.1. The Hall–Kier alpha value is -1.76. The Morgan fingerprint density at radius 1 is 1.38 bits per heavy atom. The lowest BCUT2D eigenvalue weighted by Crippen LogP contribution is -2.41. The third kappa shape index (κ3) is 3.54. The number of aryl methyl sites for hydroxylation is 1. The van der Waals surface area contributed by atoms with Gasteiger partial charge in [-0.1, -0.05) is 38.3 Å². The number of carbonyl (C=O) groups excluding carboxylic acids is 1. The van der Waals surface area contributed by atoms with Gasteiger partial charge in [-0.25, -0.2) is 4.98 Å². The highest BCUT2D eigenvalue weighted by atomic mass is 35.5. The van der Waals surface area contributed by atoms with E-state index in [0.29, 0.717) is 18.0 Å². The molecule has 1 aliphatic rings. The molecule has 0 bridgehead atoms. The van der Waals surface area contributed by atoms with Crippen molar-refractivity contribution in [2.45, 2.75) is 58.2 Å². The number of carbonyl (C=O) groups is 1. The van der Waals surface area contributed by atoms with Gasteiger partial charge in [-0.05, 0) is 31.2 Å². The van der Waals surface area contributed by atoms with E-state index in [4.69, 9.17) is 11.6 Å². The molecule has 1 fully saturated rings. The number of amides is 1. The summed E-state index contributed by atoms with van der Waals surface area (Å²) in [4.78, 5) is 17.2. The van der Waals surface area contributed by atoms with E-state index in [-0.39, 0.29) is 22.4 Å². The van der Waals surface area contributed by atoms with Gasteiger partial charge in [0.05, 0.1) is 16.3 Å². The molecule has 2 aromatic heterocycles. The van der Waals surface area contributed by atoms with Crippen LogP contribution in [0.4, 0.5) is 13.2 Å². The van der Waals surface area contributed by atoms with Crippen LogP contribution in [0.25, 0.3) is 5.65 Å². The van der Waals surface area contributed by atoms with Crippen LogP contribution in [0, 0.1) is 5.92 Å². The molecular formula is C18H21ClF3N3O. The van der Waals surface area contributed by atoms with Gasteiger partial charge in [0, 0.05) is 12.2 Å². The van der Waals surface area contributed by atoms with Gasteiger partial charge in [-0.3, -0.25) is 9.20 Å². The zero-order chi connectivity index (χ0) is 19.1. The second-order valence-electron chi connectivity index (χ2n) is 6.87. The third-order valence-corrected chi connectivity index (χ3v) is 5.33. The number of alkyl halides is 3. The molecule has 2 unspecified atom stereocenters. The Kier molecular flexibility index (Phi) is 5.19. The number of aromatic nitrogens is 2. The molecule has 142 valence electrons. The molecule has 1 aliphatic carbocycles. The highest BCUT2D eigenvalue weighted by Gasteiger charge is 2.33. The molecule has 0 radical (unpaired) electrons. The first-order chi connectivity index (χ1) is 12.2. The molecule has 2 heterocycles. The molecule has 8 heteroatoms. The van der Waals surface area contributed by atoms with Gasteiger partial charge >= 0.3 is 6.18 Å². The Labute approximate surface area is 154 Å². The van der Waals surface area contributed by atoms with E-state index < -0.39 is 17.6 Å². The Bertz CT molecular complexity index is 831. The molecule has 2 aromatic rings. The zero-order valence-electron chi connectivity index (χ0n) is 14.7. The van der Waals surface area contributed by atoms with Crippen molar-refractivity contribution in [3.05, 3.63) is 34.2 Å². The predicted octanol–water partition coefficient (Wildman–Crippen LogP) is 4.88. The zero-order valence-corrected chi connectivity index (χ0v) is 15.4. The van der Waals surface area contributed by atoms with Crippen molar-refractivity contribution in [1.29, 1.82) is 0 Å². The number of hydrogen-bond donors (Lipinski definition) is 1. The molecule has 0 aliphatic heterocycles. The lowest BCUT2D eigenvalue weighted by atomic mass is 9.86. The van der Waals surface area contributed by atoms with Gasteiger partial charge in [-0.15, -0.1) is 0 Å². The first kappa shape index (κ1) is 19.0. The van der Waals surface area contributed by atoms with E-state index in [2.05, 4.69) is 17.2 Å². The molecule has 26 heavy (non-hydrogen) atoms. The lowest BCUT2D eigenvalue weighted by Gasteiger charge is -2.29. The van der Waals surface area contributed by atoms with Crippen LogP contribution in [0.15, 0.2) is 12.3 Å². The maximum Gasteiger partial charge on any atom is 0.417 e. The number of nitrogens with one attached hydrogen (secondary N) is 1. The minimum absolute atomic E-state index is 0.0211. The average molecular weight is 388 g/mol. The quantitative estimate of drug-likeness (QED) is 0.816. The highest BCUT2D eigenvalue weighted by Crippen LogP contribution is 2.33. The Morgan fingerprint density at radius 3 is 2.69 bits per heavy atom. The van der Waals surface area contributed by atoms with Crippen LogP contribution in [0.3, 0.4) is 0 Å². The van der Waals surface area contributed by atoms with Crippen LogP contribution in [0.5, 0.6) is 0 Å². The number of nitrogens with zero attached hydrogens (tertiary/aromatic N) is 2. The van der Waals surface area contributed by atoms with Gasteiger partial charge < -0.3 is 5.32 Å². The van der Waals surface area contributed by atoms with Gasteiger partial charge in [0.25, 0.3) is 5.91 Å². The standard InChI is InChI=1S/C18H21ClF3N3O/c1-3-13-15(17(26)24-14-7-5-4-6-10(14)2)25-9-11(18(20,21)22)8-12(19)16(25)23-13/h8-10,14H,3-7H2,1-2H3,(H,24,26). The molecular weight excluding hydrogens is 367 g/mol. The first-order valence-corrected chi connectivity index (χ1v) is 9.18. The summed E-state index contributed by atoms with van der Waals surface area (Å²) in [6.45, 7) is 3.89. The monoisotopic (exact) mass is 387 g/mol. The number of hydrogen-bond acceptors (Lipinski definition) is 2. The summed E-state index contributed by atoms with van der Waals surface area (Å²) < 4.78 is 40.6. The van der Waals surface area contributed by atoms with Crippen molar-refractivity contribution in [1.82, 2.24) is 14.7 Å². The number of pyridine rings is 1. The number of halogens is 4. The number of fused-ring (bicyclic) bond motifs is 1. The lowest BCUT2D eigenvalue weighted by molar-refractivity contribution is -0.137. The van der Waals surface area contributed by atoms with Crippen LogP contribution in [0.2, 0.25) is 5.02 Å². The summed E-state index contributed by atoms with van der Waals surface area (Å²) >= 11 is 6.02.